The van der Waals surface area contributed by atoms with Crippen LogP contribution in [0.3, 0.4) is 0 Å². The van der Waals surface area contributed by atoms with Gasteiger partial charge in [-0.05, 0) is 51.8 Å². The molecule has 2 aliphatic heterocycles. The minimum atomic E-state index is -1.11. The Kier molecular flexibility index (Phi) is 5.21. The van der Waals surface area contributed by atoms with Crippen molar-refractivity contribution in [2.75, 3.05) is 0 Å². The summed E-state index contributed by atoms with van der Waals surface area (Å²) in [6.45, 7) is 7.28. The van der Waals surface area contributed by atoms with Crippen molar-refractivity contribution in [2.24, 2.45) is 0 Å². The Hall–Kier alpha value is -2.99. The Bertz CT molecular complexity index is 1060. The molecule has 0 radical (unpaired) electrons. The summed E-state index contributed by atoms with van der Waals surface area (Å²) in [6, 6.07) is 6.54. The van der Waals surface area contributed by atoms with Crippen LogP contribution >= 0.6 is 0 Å². The maximum atomic E-state index is 13.1. The van der Waals surface area contributed by atoms with Crippen molar-refractivity contribution < 1.29 is 29.6 Å². The van der Waals surface area contributed by atoms with Gasteiger partial charge in [-0.2, -0.15) is 0 Å². The number of carbonyl (C=O) groups excluding carboxylic acids is 1. The molecule has 3 N–H and O–H groups in total. The molecule has 31 heavy (non-hydrogen) atoms. The van der Waals surface area contributed by atoms with Gasteiger partial charge in [0.2, 0.25) is 0 Å². The second kappa shape index (κ2) is 7.61. The Morgan fingerprint density at radius 3 is 2.39 bits per heavy atom. The molecule has 2 aliphatic rings. The van der Waals surface area contributed by atoms with Crippen LogP contribution in [0.15, 0.2) is 35.9 Å². The first-order valence-electron chi connectivity index (χ1n) is 10.5. The highest BCUT2D eigenvalue weighted by atomic mass is 16.5. The summed E-state index contributed by atoms with van der Waals surface area (Å²) in [6.07, 6.45) is 1.79. The third-order valence-corrected chi connectivity index (χ3v) is 5.90. The molecule has 2 aromatic rings. The Labute approximate surface area is 181 Å². The van der Waals surface area contributed by atoms with Crippen LogP contribution in [0.2, 0.25) is 0 Å². The van der Waals surface area contributed by atoms with E-state index in [0.717, 1.165) is 11.1 Å². The number of hydrogen-bond donors (Lipinski definition) is 3. The van der Waals surface area contributed by atoms with Crippen molar-refractivity contribution in [2.45, 2.75) is 64.8 Å². The summed E-state index contributed by atoms with van der Waals surface area (Å²) >= 11 is 0. The minimum Gasteiger partial charge on any atom is -0.508 e. The van der Waals surface area contributed by atoms with Crippen LogP contribution in [0.1, 0.15) is 67.3 Å². The molecule has 164 valence electrons. The topological polar surface area (TPSA) is 96.2 Å². The fourth-order valence-electron chi connectivity index (χ4n) is 4.11. The number of aromatic hydroxyl groups is 2. The van der Waals surface area contributed by atoms with Gasteiger partial charge in [0.05, 0.1) is 12.0 Å². The average molecular weight is 424 g/mol. The number of hydrogen-bond acceptors (Lipinski definition) is 6. The van der Waals surface area contributed by atoms with E-state index in [9.17, 15) is 20.1 Å². The number of Topliss-reactive ketones (excluding diaryl/α,β-unsaturated/α-hetero) is 1. The molecule has 6 heteroatoms. The first-order chi connectivity index (χ1) is 14.6. The molecule has 2 atom stereocenters. The number of ketones is 1. The molecule has 0 aromatic heterocycles. The summed E-state index contributed by atoms with van der Waals surface area (Å²) in [5.41, 5.74) is 2.17. The van der Waals surface area contributed by atoms with E-state index in [1.54, 1.807) is 38.1 Å². The molecule has 0 bridgehead atoms. The summed E-state index contributed by atoms with van der Waals surface area (Å²) in [4.78, 5) is 13.1. The molecule has 0 saturated heterocycles. The lowest BCUT2D eigenvalue weighted by Gasteiger charge is -2.28. The van der Waals surface area contributed by atoms with Gasteiger partial charge in [-0.15, -0.1) is 0 Å². The van der Waals surface area contributed by atoms with Gasteiger partial charge in [0.15, 0.2) is 5.78 Å². The molecule has 0 aliphatic carbocycles. The second-order valence-corrected chi connectivity index (χ2v) is 9.11. The van der Waals surface area contributed by atoms with Gasteiger partial charge < -0.3 is 24.8 Å². The second-order valence-electron chi connectivity index (χ2n) is 9.11. The zero-order valence-electron chi connectivity index (χ0n) is 18.2. The van der Waals surface area contributed by atoms with Crippen molar-refractivity contribution >= 4 is 5.78 Å². The highest BCUT2D eigenvalue weighted by Crippen LogP contribution is 2.52. The highest BCUT2D eigenvalue weighted by molar-refractivity contribution is 6.04. The van der Waals surface area contributed by atoms with Crippen molar-refractivity contribution in [1.29, 1.82) is 0 Å². The minimum absolute atomic E-state index is 0.0853. The standard InChI is InChI=1S/C25H28O6/c1-13(2)5-10-16-22(28)21-18(27)12-19(14-6-8-15(26)9-7-14)30-24(21)17-11-20(25(3,4)29)31-23(16)17/h5-9,19-20,26,28-29H,10-12H2,1-4H3/t19-,20+/m1/s1. The number of benzene rings is 2. The van der Waals surface area contributed by atoms with Gasteiger partial charge in [0.25, 0.3) is 0 Å². The lowest BCUT2D eigenvalue weighted by Crippen LogP contribution is -2.39. The van der Waals surface area contributed by atoms with Crippen molar-refractivity contribution in [3.63, 3.8) is 0 Å². The maximum absolute atomic E-state index is 13.1. The Balaban J connectivity index is 1.84. The van der Waals surface area contributed by atoms with Gasteiger partial charge >= 0.3 is 0 Å². The molecule has 2 heterocycles. The van der Waals surface area contributed by atoms with Crippen molar-refractivity contribution in [1.82, 2.24) is 0 Å². The lowest BCUT2D eigenvalue weighted by molar-refractivity contribution is -0.0232. The molecule has 2 aromatic carbocycles. The quantitative estimate of drug-likeness (QED) is 0.630. The number of fused-ring (bicyclic) bond motifs is 3. The van der Waals surface area contributed by atoms with Crippen LogP contribution in [0, 0.1) is 0 Å². The van der Waals surface area contributed by atoms with E-state index in [1.807, 2.05) is 19.9 Å². The monoisotopic (exact) mass is 424 g/mol. The van der Waals surface area contributed by atoms with Crippen molar-refractivity contribution in [3.8, 4) is 23.0 Å². The van der Waals surface area contributed by atoms with E-state index in [2.05, 4.69) is 0 Å². The number of aliphatic hydroxyl groups is 1. The Morgan fingerprint density at radius 1 is 1.10 bits per heavy atom. The van der Waals surface area contributed by atoms with Crippen molar-refractivity contribution in [3.05, 3.63) is 58.2 Å². The van der Waals surface area contributed by atoms with Gasteiger partial charge in [-0.1, -0.05) is 23.8 Å². The molecule has 0 amide bonds. The fraction of sp³-hybridized carbons (Fsp3) is 0.400. The van der Waals surface area contributed by atoms with Gasteiger partial charge in [0.1, 0.15) is 40.8 Å². The predicted octanol–water partition coefficient (Wildman–Crippen LogP) is 4.39. The fourth-order valence-corrected chi connectivity index (χ4v) is 4.11. The van der Waals surface area contributed by atoms with Crippen LogP contribution in [0.5, 0.6) is 23.0 Å². The first-order valence-corrected chi connectivity index (χ1v) is 10.5. The number of allylic oxidation sites excluding steroid dienone is 2. The first kappa shape index (κ1) is 21.2. The summed E-state index contributed by atoms with van der Waals surface area (Å²) in [5, 5.41) is 31.2. The molecule has 6 nitrogen and oxygen atoms in total. The number of rotatable bonds is 4. The number of carbonyl (C=O) groups is 1. The highest BCUT2D eigenvalue weighted by Gasteiger charge is 2.43. The molecule has 0 spiro atoms. The van der Waals surface area contributed by atoms with Crippen LogP contribution in [-0.2, 0) is 12.8 Å². The molecular formula is C25H28O6. The Morgan fingerprint density at radius 2 is 1.77 bits per heavy atom. The van der Waals surface area contributed by atoms with E-state index in [0.29, 0.717) is 35.5 Å². The van der Waals surface area contributed by atoms with Gasteiger partial charge in [-0.3, -0.25) is 4.79 Å². The van der Waals surface area contributed by atoms with Gasteiger partial charge in [-0.25, -0.2) is 0 Å². The molecule has 4 rings (SSSR count). The molecule has 0 unspecified atom stereocenters. The number of phenolic OH excluding ortho intramolecular Hbond substituents is 2. The molecule has 0 fully saturated rings. The van der Waals surface area contributed by atoms with Crippen LogP contribution in [-0.4, -0.2) is 32.8 Å². The van der Waals surface area contributed by atoms with Crippen LogP contribution in [0.25, 0.3) is 0 Å². The average Bonchev–Trinajstić information content (AvgIpc) is 3.13. The van der Waals surface area contributed by atoms with E-state index < -0.39 is 17.8 Å². The lowest BCUT2D eigenvalue weighted by atomic mass is 9.88. The summed E-state index contributed by atoms with van der Waals surface area (Å²) in [7, 11) is 0. The normalized spacial score (nSPS) is 19.8. The third-order valence-electron chi connectivity index (χ3n) is 5.90. The SMILES string of the molecule is CC(C)=CCc1c(O)c2c(c3c1O[C@H](C(C)(C)O)C3)O[C@@H](c1ccc(O)cc1)CC2=O. The van der Waals surface area contributed by atoms with E-state index in [4.69, 9.17) is 9.47 Å². The molecule has 0 saturated carbocycles. The van der Waals surface area contributed by atoms with E-state index in [-0.39, 0.29) is 29.3 Å². The number of phenols is 2. The summed E-state index contributed by atoms with van der Waals surface area (Å²) in [5.74, 6) is 0.631. The largest absolute Gasteiger partial charge is 0.508 e. The van der Waals surface area contributed by atoms with E-state index in [1.165, 1.54) is 0 Å². The van der Waals surface area contributed by atoms with Crippen LogP contribution in [0.4, 0.5) is 0 Å². The number of ether oxygens (including phenoxy) is 2. The predicted molar refractivity (Wildman–Crippen MR) is 116 cm³/mol. The maximum Gasteiger partial charge on any atom is 0.174 e. The smallest absolute Gasteiger partial charge is 0.174 e. The van der Waals surface area contributed by atoms with Crippen LogP contribution < -0.4 is 9.47 Å². The molecular weight excluding hydrogens is 396 g/mol. The third kappa shape index (κ3) is 3.88. The zero-order chi connectivity index (χ0) is 22.5. The zero-order valence-corrected chi connectivity index (χ0v) is 18.2. The van der Waals surface area contributed by atoms with Gasteiger partial charge in [0, 0.05) is 17.5 Å². The van der Waals surface area contributed by atoms with E-state index >= 15 is 0 Å². The summed E-state index contributed by atoms with van der Waals surface area (Å²) < 4.78 is 12.4.